The van der Waals surface area contributed by atoms with Gasteiger partial charge in [0.2, 0.25) is 5.91 Å². The number of aromatic nitrogens is 1. The molecule has 0 radical (unpaired) electrons. The Balaban J connectivity index is 2.07. The van der Waals surface area contributed by atoms with Gasteiger partial charge in [0.1, 0.15) is 6.04 Å². The van der Waals surface area contributed by atoms with Crippen molar-refractivity contribution in [2.24, 2.45) is 0 Å². The average Bonchev–Trinajstić information content (AvgIpc) is 3.04. The van der Waals surface area contributed by atoms with Crippen LogP contribution in [0.15, 0.2) is 35.8 Å². The van der Waals surface area contributed by atoms with Gasteiger partial charge in [-0.15, -0.1) is 11.3 Å². The van der Waals surface area contributed by atoms with E-state index in [-0.39, 0.29) is 11.8 Å². The number of carbonyl (C=O) groups is 2. The highest BCUT2D eigenvalue weighted by molar-refractivity contribution is 7.98. The Morgan fingerprint density at radius 1 is 1.35 bits per heavy atom. The van der Waals surface area contributed by atoms with Crippen LogP contribution in [-0.4, -0.2) is 34.8 Å². The molecule has 0 saturated carbocycles. The predicted octanol–water partition coefficient (Wildman–Crippen LogP) is 2.94. The van der Waals surface area contributed by atoms with E-state index in [1.54, 1.807) is 29.4 Å². The van der Waals surface area contributed by atoms with Gasteiger partial charge in [-0.1, -0.05) is 18.2 Å². The number of thioether (sulfide) groups is 1. The molecule has 0 aliphatic heterocycles. The number of nitrogens with zero attached hydrogens (tertiary/aromatic N) is 1. The van der Waals surface area contributed by atoms with Crippen LogP contribution in [0.1, 0.15) is 22.3 Å². The van der Waals surface area contributed by atoms with Crippen molar-refractivity contribution >= 4 is 40.0 Å². The minimum atomic E-state index is -0.585. The highest BCUT2D eigenvalue weighted by Gasteiger charge is 2.22. The molecule has 0 aliphatic carbocycles. The second-order valence-corrected chi connectivity index (χ2v) is 6.83. The molecule has 0 saturated heterocycles. The van der Waals surface area contributed by atoms with Crippen LogP contribution in [0, 0.1) is 6.92 Å². The molecule has 0 spiro atoms. The fourth-order valence-electron chi connectivity index (χ4n) is 2.05. The van der Waals surface area contributed by atoms with Crippen LogP contribution in [0.5, 0.6) is 0 Å². The minimum absolute atomic E-state index is 0.233. The lowest BCUT2D eigenvalue weighted by molar-refractivity contribution is -0.118. The van der Waals surface area contributed by atoms with E-state index in [0.717, 1.165) is 11.3 Å². The number of anilines is 1. The SMILES string of the molecule is CSCCC(NC(=O)c1ccccc1C)C(=O)Nc1nccs1. The molecule has 1 atom stereocenters. The highest BCUT2D eigenvalue weighted by atomic mass is 32.2. The quantitative estimate of drug-likeness (QED) is 0.806. The van der Waals surface area contributed by atoms with Crippen LogP contribution in [0.25, 0.3) is 0 Å². The molecule has 7 heteroatoms. The molecule has 1 aromatic carbocycles. The lowest BCUT2D eigenvalue weighted by Gasteiger charge is -2.18. The molecular formula is C16H19N3O2S2. The molecule has 0 fully saturated rings. The van der Waals surface area contributed by atoms with Crippen LogP contribution >= 0.6 is 23.1 Å². The van der Waals surface area contributed by atoms with Crippen molar-refractivity contribution in [2.45, 2.75) is 19.4 Å². The van der Waals surface area contributed by atoms with E-state index in [1.165, 1.54) is 11.3 Å². The minimum Gasteiger partial charge on any atom is -0.340 e. The molecule has 1 heterocycles. The molecule has 2 N–H and O–H groups in total. The van der Waals surface area contributed by atoms with Crippen molar-refractivity contribution in [3.8, 4) is 0 Å². The number of amides is 2. The lowest BCUT2D eigenvalue weighted by atomic mass is 10.1. The number of hydrogen-bond donors (Lipinski definition) is 2. The molecular weight excluding hydrogens is 330 g/mol. The standard InChI is InChI=1S/C16H19N3O2S2/c1-11-5-3-4-6-12(11)14(20)18-13(7-9-22-2)15(21)19-16-17-8-10-23-16/h3-6,8,10,13H,7,9H2,1-2H3,(H,18,20)(H,17,19,21). The largest absolute Gasteiger partial charge is 0.340 e. The van der Waals surface area contributed by atoms with E-state index < -0.39 is 6.04 Å². The van der Waals surface area contributed by atoms with Crippen molar-refractivity contribution in [1.82, 2.24) is 10.3 Å². The van der Waals surface area contributed by atoms with E-state index in [9.17, 15) is 9.59 Å². The van der Waals surface area contributed by atoms with E-state index in [1.807, 2.05) is 31.4 Å². The number of nitrogens with one attached hydrogen (secondary N) is 2. The number of hydrogen-bond acceptors (Lipinski definition) is 5. The zero-order chi connectivity index (χ0) is 16.7. The maximum absolute atomic E-state index is 12.4. The summed E-state index contributed by atoms with van der Waals surface area (Å²) in [5.41, 5.74) is 1.47. The van der Waals surface area contributed by atoms with Crippen molar-refractivity contribution in [1.29, 1.82) is 0 Å². The molecule has 2 rings (SSSR count). The average molecular weight is 349 g/mol. The fourth-order valence-corrected chi connectivity index (χ4v) is 3.05. The molecule has 1 unspecified atom stereocenters. The summed E-state index contributed by atoms with van der Waals surface area (Å²) in [5, 5.41) is 7.91. The zero-order valence-corrected chi connectivity index (χ0v) is 14.7. The third-order valence-electron chi connectivity index (χ3n) is 3.28. The molecule has 1 aromatic heterocycles. The van der Waals surface area contributed by atoms with Crippen LogP contribution in [0.2, 0.25) is 0 Å². The second-order valence-electron chi connectivity index (χ2n) is 4.95. The van der Waals surface area contributed by atoms with Gasteiger partial charge in [0.15, 0.2) is 5.13 Å². The first kappa shape index (κ1) is 17.5. The van der Waals surface area contributed by atoms with E-state index in [2.05, 4.69) is 15.6 Å². The summed E-state index contributed by atoms with van der Waals surface area (Å²) in [4.78, 5) is 28.9. The smallest absolute Gasteiger partial charge is 0.252 e. The van der Waals surface area contributed by atoms with Gasteiger partial charge in [0.25, 0.3) is 5.91 Å². The monoisotopic (exact) mass is 349 g/mol. The van der Waals surface area contributed by atoms with Crippen molar-refractivity contribution in [3.05, 3.63) is 47.0 Å². The van der Waals surface area contributed by atoms with Gasteiger partial charge in [-0.2, -0.15) is 11.8 Å². The molecule has 5 nitrogen and oxygen atoms in total. The summed E-state index contributed by atoms with van der Waals surface area (Å²) in [6.45, 7) is 1.88. The first-order valence-electron chi connectivity index (χ1n) is 7.17. The van der Waals surface area contributed by atoms with Gasteiger partial charge >= 0.3 is 0 Å². The molecule has 2 aromatic rings. The maximum Gasteiger partial charge on any atom is 0.252 e. The summed E-state index contributed by atoms with van der Waals surface area (Å²) in [6.07, 6.45) is 4.16. The zero-order valence-electron chi connectivity index (χ0n) is 13.0. The normalized spacial score (nSPS) is 11.7. The highest BCUT2D eigenvalue weighted by Crippen LogP contribution is 2.13. The molecule has 23 heavy (non-hydrogen) atoms. The summed E-state index contributed by atoms with van der Waals surface area (Å²) in [7, 11) is 0. The number of benzene rings is 1. The Bertz CT molecular complexity index is 659. The first-order valence-corrected chi connectivity index (χ1v) is 9.45. The van der Waals surface area contributed by atoms with E-state index in [4.69, 9.17) is 0 Å². The van der Waals surface area contributed by atoms with Crippen molar-refractivity contribution in [2.75, 3.05) is 17.3 Å². The van der Waals surface area contributed by atoms with E-state index in [0.29, 0.717) is 17.1 Å². The Hall–Kier alpha value is -1.86. The third kappa shape index (κ3) is 5.07. The van der Waals surface area contributed by atoms with Gasteiger partial charge in [-0.05, 0) is 37.0 Å². The van der Waals surface area contributed by atoms with E-state index >= 15 is 0 Å². The summed E-state index contributed by atoms with van der Waals surface area (Å²) in [5.74, 6) is 0.309. The summed E-state index contributed by atoms with van der Waals surface area (Å²) in [6, 6.07) is 6.75. The predicted molar refractivity (Wildman–Crippen MR) is 96.2 cm³/mol. The number of aryl methyl sites for hydroxylation is 1. The number of carbonyl (C=O) groups excluding carboxylic acids is 2. The van der Waals surface area contributed by atoms with Gasteiger partial charge in [0.05, 0.1) is 0 Å². The topological polar surface area (TPSA) is 71.1 Å². The van der Waals surface area contributed by atoms with Gasteiger partial charge in [-0.25, -0.2) is 4.98 Å². The molecule has 0 aliphatic rings. The maximum atomic E-state index is 12.4. The Kier molecular flexibility index (Phi) is 6.61. The van der Waals surface area contributed by atoms with Crippen LogP contribution in [-0.2, 0) is 4.79 Å². The van der Waals surface area contributed by atoms with Crippen molar-refractivity contribution in [3.63, 3.8) is 0 Å². The fraction of sp³-hybridized carbons (Fsp3) is 0.312. The second kappa shape index (κ2) is 8.69. The lowest BCUT2D eigenvalue weighted by Crippen LogP contribution is -2.44. The Labute approximate surface area is 143 Å². The summed E-state index contributed by atoms with van der Waals surface area (Å²) >= 11 is 2.99. The van der Waals surface area contributed by atoms with Gasteiger partial charge < -0.3 is 10.6 Å². The molecule has 0 bridgehead atoms. The van der Waals surface area contributed by atoms with Crippen LogP contribution in [0.4, 0.5) is 5.13 Å². The Morgan fingerprint density at radius 3 is 2.78 bits per heavy atom. The van der Waals surface area contributed by atoms with Crippen LogP contribution in [0.3, 0.4) is 0 Å². The molecule has 122 valence electrons. The number of thiazole rings is 1. The molecule has 2 amide bonds. The number of rotatable bonds is 7. The van der Waals surface area contributed by atoms with Crippen molar-refractivity contribution < 1.29 is 9.59 Å². The first-order chi connectivity index (χ1) is 11.1. The summed E-state index contributed by atoms with van der Waals surface area (Å²) < 4.78 is 0. The Morgan fingerprint density at radius 2 is 2.13 bits per heavy atom. The third-order valence-corrected chi connectivity index (χ3v) is 4.62. The van der Waals surface area contributed by atoms with Gasteiger partial charge in [0, 0.05) is 17.1 Å². The van der Waals surface area contributed by atoms with Gasteiger partial charge in [-0.3, -0.25) is 9.59 Å². The van der Waals surface area contributed by atoms with Crippen LogP contribution < -0.4 is 10.6 Å².